The van der Waals surface area contributed by atoms with Crippen molar-refractivity contribution in [1.29, 1.82) is 5.26 Å². The maximum absolute atomic E-state index is 9.68. The molecule has 1 fully saturated rings. The van der Waals surface area contributed by atoms with Crippen LogP contribution in [-0.4, -0.2) is 5.54 Å². The van der Waals surface area contributed by atoms with Crippen molar-refractivity contribution in [1.82, 2.24) is 0 Å². The van der Waals surface area contributed by atoms with E-state index in [0.717, 1.165) is 24.9 Å². The fraction of sp³-hybridized carbons (Fsp3) is 0.562. The highest BCUT2D eigenvalue weighted by Crippen LogP contribution is 2.45. The molecule has 0 bridgehead atoms. The van der Waals surface area contributed by atoms with Crippen LogP contribution in [0.5, 0.6) is 0 Å². The van der Waals surface area contributed by atoms with Gasteiger partial charge in [0.1, 0.15) is 5.54 Å². The van der Waals surface area contributed by atoms with Crippen LogP contribution in [0.2, 0.25) is 5.02 Å². The Bertz CT molecular complexity index is 504. The molecule has 2 rings (SSSR count). The Morgan fingerprint density at radius 2 is 2.00 bits per heavy atom. The van der Waals surface area contributed by atoms with E-state index in [0.29, 0.717) is 16.4 Å². The predicted molar refractivity (Wildman–Crippen MR) is 80.2 cm³/mol. The van der Waals surface area contributed by atoms with Crippen molar-refractivity contribution < 1.29 is 0 Å². The standard InChI is InChI=1S/C16H21ClN2/c1-12-10-15(2,3)8-9-16(12,11-18)19-14-7-5-4-6-13(14)17/h4-7,12,19H,8-10H2,1-3H3. The Balaban J connectivity index is 2.26. The molecule has 0 radical (unpaired) electrons. The summed E-state index contributed by atoms with van der Waals surface area (Å²) in [6.07, 6.45) is 2.98. The van der Waals surface area contributed by atoms with Gasteiger partial charge in [-0.2, -0.15) is 5.26 Å². The second kappa shape index (κ2) is 5.06. The van der Waals surface area contributed by atoms with E-state index >= 15 is 0 Å². The van der Waals surface area contributed by atoms with E-state index in [1.54, 1.807) is 0 Å². The van der Waals surface area contributed by atoms with E-state index in [-0.39, 0.29) is 0 Å². The number of halogens is 1. The highest BCUT2D eigenvalue weighted by molar-refractivity contribution is 6.33. The van der Waals surface area contributed by atoms with Gasteiger partial charge < -0.3 is 5.32 Å². The SMILES string of the molecule is CC1CC(C)(C)CCC1(C#N)Nc1ccccc1Cl. The van der Waals surface area contributed by atoms with Crippen molar-refractivity contribution in [2.24, 2.45) is 11.3 Å². The van der Waals surface area contributed by atoms with E-state index in [9.17, 15) is 5.26 Å². The van der Waals surface area contributed by atoms with E-state index in [1.165, 1.54) is 0 Å². The highest BCUT2D eigenvalue weighted by atomic mass is 35.5. The van der Waals surface area contributed by atoms with E-state index in [1.807, 2.05) is 24.3 Å². The number of hydrogen-bond donors (Lipinski definition) is 1. The summed E-state index contributed by atoms with van der Waals surface area (Å²) in [6, 6.07) is 10.1. The van der Waals surface area contributed by atoms with Crippen molar-refractivity contribution >= 4 is 17.3 Å². The minimum Gasteiger partial charge on any atom is -0.366 e. The van der Waals surface area contributed by atoms with Crippen molar-refractivity contribution in [3.05, 3.63) is 29.3 Å². The molecule has 0 saturated heterocycles. The summed E-state index contributed by atoms with van der Waals surface area (Å²) >= 11 is 6.19. The number of para-hydroxylation sites is 1. The third kappa shape index (κ3) is 2.87. The first-order valence-electron chi connectivity index (χ1n) is 6.82. The lowest BCUT2D eigenvalue weighted by atomic mass is 9.64. The molecule has 19 heavy (non-hydrogen) atoms. The molecule has 0 aliphatic heterocycles. The summed E-state index contributed by atoms with van der Waals surface area (Å²) in [4.78, 5) is 0. The molecule has 2 unspecified atom stereocenters. The molecule has 1 aromatic rings. The summed E-state index contributed by atoms with van der Waals surface area (Å²) in [5.74, 6) is 0.303. The zero-order chi connectivity index (χ0) is 14.1. The van der Waals surface area contributed by atoms with E-state index < -0.39 is 5.54 Å². The largest absolute Gasteiger partial charge is 0.366 e. The highest BCUT2D eigenvalue weighted by Gasteiger charge is 2.44. The average Bonchev–Trinajstić information content (AvgIpc) is 2.35. The van der Waals surface area contributed by atoms with Gasteiger partial charge in [-0.3, -0.25) is 0 Å². The van der Waals surface area contributed by atoms with Gasteiger partial charge in [0.2, 0.25) is 0 Å². The summed E-state index contributed by atoms with van der Waals surface area (Å²) in [5, 5.41) is 13.8. The Morgan fingerprint density at radius 3 is 2.58 bits per heavy atom. The summed E-state index contributed by atoms with van der Waals surface area (Å²) < 4.78 is 0. The topological polar surface area (TPSA) is 35.8 Å². The molecule has 2 nitrogen and oxygen atoms in total. The molecule has 1 aliphatic carbocycles. The molecule has 0 heterocycles. The normalized spacial score (nSPS) is 29.5. The Kier molecular flexibility index (Phi) is 3.78. The fourth-order valence-electron chi connectivity index (χ4n) is 3.07. The summed E-state index contributed by atoms with van der Waals surface area (Å²) in [7, 11) is 0. The van der Waals surface area contributed by atoms with Gasteiger partial charge in [-0.05, 0) is 42.7 Å². The number of rotatable bonds is 2. The van der Waals surface area contributed by atoms with Crippen LogP contribution < -0.4 is 5.32 Å². The van der Waals surface area contributed by atoms with Crippen LogP contribution in [0.3, 0.4) is 0 Å². The second-order valence-electron chi connectivity index (χ2n) is 6.46. The lowest BCUT2D eigenvalue weighted by molar-refractivity contribution is 0.146. The number of nitriles is 1. The monoisotopic (exact) mass is 276 g/mol. The Hall–Kier alpha value is -1.20. The molecule has 1 aromatic carbocycles. The minimum absolute atomic E-state index is 0.303. The van der Waals surface area contributed by atoms with Gasteiger partial charge in [-0.1, -0.05) is 44.5 Å². The maximum atomic E-state index is 9.68. The van der Waals surface area contributed by atoms with Gasteiger partial charge in [0.25, 0.3) is 0 Å². The lowest BCUT2D eigenvalue weighted by Gasteiger charge is -2.45. The van der Waals surface area contributed by atoms with Crippen LogP contribution in [0.25, 0.3) is 0 Å². The van der Waals surface area contributed by atoms with Crippen LogP contribution in [0.1, 0.15) is 40.0 Å². The molecule has 1 saturated carbocycles. The molecule has 2 atom stereocenters. The molecule has 0 amide bonds. The molecule has 102 valence electrons. The van der Waals surface area contributed by atoms with Crippen molar-refractivity contribution in [2.45, 2.75) is 45.6 Å². The number of nitrogens with one attached hydrogen (secondary N) is 1. The quantitative estimate of drug-likeness (QED) is 0.837. The van der Waals surface area contributed by atoms with Crippen molar-refractivity contribution in [3.8, 4) is 6.07 Å². The van der Waals surface area contributed by atoms with Crippen LogP contribution in [0, 0.1) is 22.7 Å². The number of hydrogen-bond acceptors (Lipinski definition) is 2. The van der Waals surface area contributed by atoms with Gasteiger partial charge >= 0.3 is 0 Å². The molecule has 0 aromatic heterocycles. The van der Waals surface area contributed by atoms with Crippen LogP contribution in [0.4, 0.5) is 5.69 Å². The molecular weight excluding hydrogens is 256 g/mol. The van der Waals surface area contributed by atoms with Gasteiger partial charge in [-0.25, -0.2) is 0 Å². The van der Waals surface area contributed by atoms with E-state index in [4.69, 9.17) is 11.6 Å². The first kappa shape index (κ1) is 14.2. The zero-order valence-electron chi connectivity index (χ0n) is 11.8. The molecule has 1 N–H and O–H groups in total. The number of benzene rings is 1. The second-order valence-corrected chi connectivity index (χ2v) is 6.86. The van der Waals surface area contributed by atoms with Gasteiger partial charge in [0.15, 0.2) is 0 Å². The van der Waals surface area contributed by atoms with Crippen molar-refractivity contribution in [3.63, 3.8) is 0 Å². The minimum atomic E-state index is -0.499. The molecule has 1 aliphatic rings. The first-order valence-corrected chi connectivity index (χ1v) is 7.20. The maximum Gasteiger partial charge on any atom is 0.128 e. The number of anilines is 1. The van der Waals surface area contributed by atoms with Crippen LogP contribution in [-0.2, 0) is 0 Å². The predicted octanol–water partition coefficient (Wildman–Crippen LogP) is 4.86. The Morgan fingerprint density at radius 1 is 1.32 bits per heavy atom. The average molecular weight is 277 g/mol. The number of nitrogens with zero attached hydrogens (tertiary/aromatic N) is 1. The molecule has 3 heteroatoms. The van der Waals surface area contributed by atoms with Gasteiger partial charge in [0.05, 0.1) is 16.8 Å². The third-order valence-corrected chi connectivity index (χ3v) is 4.66. The third-order valence-electron chi connectivity index (χ3n) is 4.33. The van der Waals surface area contributed by atoms with Crippen LogP contribution in [0.15, 0.2) is 24.3 Å². The summed E-state index contributed by atoms with van der Waals surface area (Å²) in [6.45, 7) is 6.72. The van der Waals surface area contributed by atoms with Crippen LogP contribution >= 0.6 is 11.6 Å². The summed E-state index contributed by atoms with van der Waals surface area (Å²) in [5.41, 5.74) is 0.680. The van der Waals surface area contributed by atoms with Gasteiger partial charge in [-0.15, -0.1) is 0 Å². The van der Waals surface area contributed by atoms with Gasteiger partial charge in [0, 0.05) is 0 Å². The van der Waals surface area contributed by atoms with Crippen molar-refractivity contribution in [2.75, 3.05) is 5.32 Å². The lowest BCUT2D eigenvalue weighted by Crippen LogP contribution is -2.49. The zero-order valence-corrected chi connectivity index (χ0v) is 12.6. The molecular formula is C16H21ClN2. The first-order chi connectivity index (χ1) is 8.88. The Labute approximate surface area is 120 Å². The smallest absolute Gasteiger partial charge is 0.128 e. The van der Waals surface area contributed by atoms with E-state index in [2.05, 4.69) is 32.2 Å². The fourth-order valence-corrected chi connectivity index (χ4v) is 3.25. The molecule has 0 spiro atoms.